The van der Waals surface area contributed by atoms with Crippen LogP contribution in [0.5, 0.6) is 0 Å². The van der Waals surface area contributed by atoms with Crippen LogP contribution in [-0.2, 0) is 25.1 Å². The van der Waals surface area contributed by atoms with Crippen molar-refractivity contribution < 1.29 is 28.7 Å². The molecule has 0 aliphatic carbocycles. The van der Waals surface area contributed by atoms with E-state index in [9.17, 15) is 24.0 Å². The number of rotatable bonds is 10. The zero-order valence-electron chi connectivity index (χ0n) is 17.3. The molecule has 1 aromatic carbocycles. The lowest BCUT2D eigenvalue weighted by molar-refractivity contribution is -0.161. The van der Waals surface area contributed by atoms with Crippen LogP contribution in [0.25, 0.3) is 0 Å². The molecular weight excluding hydrogens is 380 g/mol. The molecule has 0 spiro atoms. The van der Waals surface area contributed by atoms with Gasteiger partial charge in [-0.05, 0) is 53.2 Å². The van der Waals surface area contributed by atoms with Gasteiger partial charge in [0.25, 0.3) is 0 Å². The van der Waals surface area contributed by atoms with E-state index in [1.165, 1.54) is 6.92 Å². The Hall–Kier alpha value is -1.57. The molecule has 0 aliphatic rings. The summed E-state index contributed by atoms with van der Waals surface area (Å²) in [5.74, 6) is -1.78. The van der Waals surface area contributed by atoms with Crippen LogP contribution in [0, 0.1) is 12.8 Å². The third kappa shape index (κ3) is 9.08. The second-order valence-corrected chi connectivity index (χ2v) is 9.62. The third-order valence-electron chi connectivity index (χ3n) is 4.14. The summed E-state index contributed by atoms with van der Waals surface area (Å²) in [5, 5.41) is 20.2. The summed E-state index contributed by atoms with van der Waals surface area (Å²) in [6.45, 7) is 8.61. The van der Waals surface area contributed by atoms with E-state index in [4.69, 9.17) is 4.74 Å². The van der Waals surface area contributed by atoms with Gasteiger partial charge in [-0.25, -0.2) is 0 Å². The Morgan fingerprint density at radius 3 is 2.21 bits per heavy atom. The molecule has 1 aromatic rings. The van der Waals surface area contributed by atoms with Gasteiger partial charge < -0.3 is 14.9 Å². The van der Waals surface area contributed by atoms with Gasteiger partial charge in [0, 0.05) is 17.7 Å². The molecule has 7 heteroatoms. The number of ketones is 1. The first-order valence-corrected chi connectivity index (χ1v) is 10.8. The van der Waals surface area contributed by atoms with Crippen LogP contribution in [0.4, 0.5) is 0 Å². The van der Waals surface area contributed by atoms with E-state index < -0.39 is 40.5 Å². The summed E-state index contributed by atoms with van der Waals surface area (Å²) >= 11 is 0. The molecule has 0 saturated heterocycles. The van der Waals surface area contributed by atoms with Crippen LogP contribution in [-0.4, -0.2) is 49.7 Å². The van der Waals surface area contributed by atoms with Crippen molar-refractivity contribution in [3.8, 4) is 0 Å². The van der Waals surface area contributed by atoms with E-state index in [1.54, 1.807) is 32.9 Å². The molecule has 0 amide bonds. The van der Waals surface area contributed by atoms with E-state index >= 15 is 0 Å². The number of ether oxygens (including phenoxy) is 1. The smallest absolute Gasteiger partial charge is 0.316 e. The molecular formula is C21H32O6S. The molecule has 0 fully saturated rings. The van der Waals surface area contributed by atoms with Crippen molar-refractivity contribution in [3.05, 3.63) is 29.8 Å². The molecule has 0 bridgehead atoms. The van der Waals surface area contributed by atoms with Crippen molar-refractivity contribution in [3.63, 3.8) is 0 Å². The van der Waals surface area contributed by atoms with E-state index in [2.05, 4.69) is 0 Å². The minimum absolute atomic E-state index is 0.00927. The van der Waals surface area contributed by atoms with Gasteiger partial charge in [-0.1, -0.05) is 17.7 Å². The summed E-state index contributed by atoms with van der Waals surface area (Å²) in [7, 11) is -1.36. The van der Waals surface area contributed by atoms with Gasteiger partial charge in [0.1, 0.15) is 17.3 Å². The normalized spacial score (nSPS) is 16.1. The number of aliphatic hydroxyl groups is 2. The highest BCUT2D eigenvalue weighted by molar-refractivity contribution is 7.85. The fourth-order valence-corrected chi connectivity index (χ4v) is 3.63. The number of carbonyl (C=O) groups excluding carboxylic acids is 2. The van der Waals surface area contributed by atoms with E-state index in [0.717, 1.165) is 5.56 Å². The van der Waals surface area contributed by atoms with Gasteiger partial charge >= 0.3 is 5.97 Å². The number of benzene rings is 1. The molecule has 158 valence electrons. The number of hydrogen-bond donors (Lipinski definition) is 2. The topological polar surface area (TPSA) is 101 Å². The Morgan fingerprint density at radius 2 is 1.68 bits per heavy atom. The lowest BCUT2D eigenvalue weighted by Crippen LogP contribution is -2.31. The number of carbonyl (C=O) groups is 2. The number of Topliss-reactive ketones (excluding diaryl/α,β-unsaturated/α-hetero) is 1. The molecule has 0 aliphatic heterocycles. The standard InChI is InChI=1S/C21H32O6S/c1-14-6-9-18(10-7-14)28(26)13-17(23)12-16(22)8-11-19(24)15(2)20(25)27-21(3,4)5/h6-7,9-10,15-17,22-23H,8,11-13H2,1-5H3/t15?,16-,17+,28-/m1/s1. The first kappa shape index (κ1) is 24.5. The Kier molecular flexibility index (Phi) is 9.47. The molecule has 0 saturated carbocycles. The highest BCUT2D eigenvalue weighted by Crippen LogP contribution is 2.16. The molecule has 1 rings (SSSR count). The van der Waals surface area contributed by atoms with Gasteiger partial charge in [0.05, 0.1) is 28.8 Å². The van der Waals surface area contributed by atoms with Crippen LogP contribution >= 0.6 is 0 Å². The number of esters is 1. The second kappa shape index (κ2) is 10.8. The Labute approximate surface area is 169 Å². The van der Waals surface area contributed by atoms with Crippen LogP contribution in [0.2, 0.25) is 0 Å². The third-order valence-corrected chi connectivity index (χ3v) is 5.62. The summed E-state index contributed by atoms with van der Waals surface area (Å²) < 4.78 is 17.4. The van der Waals surface area contributed by atoms with Crippen molar-refractivity contribution in [2.45, 2.75) is 76.6 Å². The summed E-state index contributed by atoms with van der Waals surface area (Å²) in [6.07, 6.45) is -1.71. The van der Waals surface area contributed by atoms with Crippen molar-refractivity contribution in [1.29, 1.82) is 0 Å². The monoisotopic (exact) mass is 412 g/mol. The van der Waals surface area contributed by atoms with Gasteiger partial charge in [-0.15, -0.1) is 0 Å². The molecule has 0 aromatic heterocycles. The highest BCUT2D eigenvalue weighted by Gasteiger charge is 2.27. The van der Waals surface area contributed by atoms with Crippen molar-refractivity contribution in [1.82, 2.24) is 0 Å². The van der Waals surface area contributed by atoms with Gasteiger partial charge in [-0.2, -0.15) is 0 Å². The van der Waals surface area contributed by atoms with E-state index in [1.807, 2.05) is 19.1 Å². The van der Waals surface area contributed by atoms with Gasteiger partial charge in [-0.3, -0.25) is 13.8 Å². The highest BCUT2D eigenvalue weighted by atomic mass is 32.2. The SMILES string of the molecule is Cc1ccc([S@](=O)C[C@@H](O)C[C@H](O)CCC(=O)C(C)C(=O)OC(C)(C)C)cc1. The van der Waals surface area contributed by atoms with E-state index in [-0.39, 0.29) is 30.8 Å². The maximum atomic E-state index is 12.3. The Balaban J connectivity index is 2.41. The van der Waals surface area contributed by atoms with Gasteiger partial charge in [0.15, 0.2) is 0 Å². The van der Waals surface area contributed by atoms with Crippen LogP contribution < -0.4 is 0 Å². The predicted octanol–water partition coefficient (Wildman–Crippen LogP) is 2.54. The Morgan fingerprint density at radius 1 is 1.11 bits per heavy atom. The van der Waals surface area contributed by atoms with Crippen molar-refractivity contribution in [2.75, 3.05) is 5.75 Å². The lowest BCUT2D eigenvalue weighted by Gasteiger charge is -2.22. The minimum Gasteiger partial charge on any atom is -0.459 e. The average molecular weight is 413 g/mol. The summed E-state index contributed by atoms with van der Waals surface area (Å²) in [4.78, 5) is 24.7. The van der Waals surface area contributed by atoms with Crippen LogP contribution in [0.15, 0.2) is 29.2 Å². The van der Waals surface area contributed by atoms with Crippen molar-refractivity contribution >= 4 is 22.6 Å². The first-order chi connectivity index (χ1) is 12.9. The maximum Gasteiger partial charge on any atom is 0.316 e. The predicted molar refractivity (Wildman–Crippen MR) is 108 cm³/mol. The summed E-state index contributed by atoms with van der Waals surface area (Å²) in [6, 6.07) is 7.22. The van der Waals surface area contributed by atoms with Crippen LogP contribution in [0.3, 0.4) is 0 Å². The molecule has 1 unspecified atom stereocenters. The molecule has 28 heavy (non-hydrogen) atoms. The average Bonchev–Trinajstić information content (AvgIpc) is 2.57. The van der Waals surface area contributed by atoms with Gasteiger partial charge in [0.2, 0.25) is 0 Å². The maximum absolute atomic E-state index is 12.3. The largest absolute Gasteiger partial charge is 0.459 e. The molecule has 2 N–H and O–H groups in total. The lowest BCUT2D eigenvalue weighted by atomic mass is 9.98. The quantitative estimate of drug-likeness (QED) is 0.452. The second-order valence-electron chi connectivity index (χ2n) is 8.13. The Bertz CT molecular complexity index is 677. The van der Waals surface area contributed by atoms with E-state index in [0.29, 0.717) is 4.90 Å². The molecule has 4 atom stereocenters. The molecule has 0 heterocycles. The molecule has 0 radical (unpaired) electrons. The summed E-state index contributed by atoms with van der Waals surface area (Å²) in [5.41, 5.74) is 0.393. The number of aryl methyl sites for hydroxylation is 1. The first-order valence-electron chi connectivity index (χ1n) is 9.45. The fourth-order valence-electron chi connectivity index (χ4n) is 2.51. The van der Waals surface area contributed by atoms with Crippen LogP contribution in [0.1, 0.15) is 52.5 Å². The zero-order chi connectivity index (χ0) is 21.5. The zero-order valence-corrected chi connectivity index (χ0v) is 18.1. The number of hydrogen-bond acceptors (Lipinski definition) is 6. The van der Waals surface area contributed by atoms with Crippen molar-refractivity contribution in [2.24, 2.45) is 5.92 Å². The fraction of sp³-hybridized carbons (Fsp3) is 0.619. The minimum atomic E-state index is -1.36. The number of aliphatic hydroxyl groups excluding tert-OH is 2. The molecule has 6 nitrogen and oxygen atoms in total.